The zero-order valence-corrected chi connectivity index (χ0v) is 7.91. The molecule has 0 aromatic rings. The summed E-state index contributed by atoms with van der Waals surface area (Å²) >= 11 is 1.35. The van der Waals surface area contributed by atoms with E-state index in [9.17, 15) is 14.4 Å². The lowest BCUT2D eigenvalue weighted by molar-refractivity contribution is -0.134. The number of nitrogens with one attached hydrogen (secondary N) is 1. The molecule has 1 aliphatic heterocycles. The second kappa shape index (κ2) is 6.96. The maximum atomic E-state index is 10.1. The van der Waals surface area contributed by atoms with Gasteiger partial charge in [-0.1, -0.05) is 11.8 Å². The molecule has 6 nitrogen and oxygen atoms in total. The van der Waals surface area contributed by atoms with Gasteiger partial charge in [-0.05, 0) is 0 Å². The summed E-state index contributed by atoms with van der Waals surface area (Å²) in [7, 11) is 0. The van der Waals surface area contributed by atoms with Gasteiger partial charge in [-0.2, -0.15) is 0 Å². The molecular formula is C7H9NO5S. The molecule has 7 heteroatoms. The Labute approximate surface area is 84.0 Å². The number of carboxylic acid groups (broad SMARTS) is 2. The van der Waals surface area contributed by atoms with Crippen molar-refractivity contribution in [2.24, 2.45) is 0 Å². The lowest BCUT2D eigenvalue weighted by atomic mass is 10.5. The predicted molar refractivity (Wildman–Crippen MR) is 50.3 cm³/mol. The highest BCUT2D eigenvalue weighted by molar-refractivity contribution is 8.13. The van der Waals surface area contributed by atoms with Gasteiger partial charge in [0.05, 0.1) is 0 Å². The van der Waals surface area contributed by atoms with E-state index in [0.29, 0.717) is 12.2 Å². The van der Waals surface area contributed by atoms with E-state index in [2.05, 4.69) is 5.32 Å². The van der Waals surface area contributed by atoms with Crippen LogP contribution in [-0.2, 0) is 9.59 Å². The highest BCUT2D eigenvalue weighted by atomic mass is 32.2. The van der Waals surface area contributed by atoms with Crippen molar-refractivity contribution < 1.29 is 24.6 Å². The normalized spacial score (nSPS) is 14.4. The first-order valence-corrected chi connectivity index (χ1v) is 4.55. The molecule has 0 atom stereocenters. The number of carbonyl (C=O) groups is 3. The van der Waals surface area contributed by atoms with Crippen molar-refractivity contribution in [2.45, 2.75) is 0 Å². The van der Waals surface area contributed by atoms with Gasteiger partial charge >= 0.3 is 11.9 Å². The average molecular weight is 219 g/mol. The standard InChI is InChI=1S/C4H4O4.C3H5NOS/c5-3(6)1-2-4(7)8;5-3-4-1-2-6-3/h1-2H,(H,5,6)(H,7,8);1-2H2,(H,4,5). The summed E-state index contributed by atoms with van der Waals surface area (Å²) in [6, 6.07) is 0. The van der Waals surface area contributed by atoms with Crippen LogP contribution in [0.5, 0.6) is 0 Å². The molecule has 0 spiro atoms. The Kier molecular flexibility index (Phi) is 6.21. The summed E-state index contributed by atoms with van der Waals surface area (Å²) in [6.07, 6.45) is 1.12. The Balaban J connectivity index is 0.000000249. The van der Waals surface area contributed by atoms with Crippen LogP contribution in [0, 0.1) is 0 Å². The quantitative estimate of drug-likeness (QED) is 0.571. The number of hydrogen-bond acceptors (Lipinski definition) is 4. The van der Waals surface area contributed by atoms with Crippen molar-refractivity contribution in [3.05, 3.63) is 12.2 Å². The number of carbonyl (C=O) groups excluding carboxylic acids is 1. The largest absolute Gasteiger partial charge is 0.478 e. The maximum absolute atomic E-state index is 10.1. The second-order valence-corrected chi connectivity index (χ2v) is 3.14. The molecular weight excluding hydrogens is 210 g/mol. The zero-order valence-electron chi connectivity index (χ0n) is 7.10. The van der Waals surface area contributed by atoms with Crippen LogP contribution in [0.1, 0.15) is 0 Å². The molecule has 1 rings (SSSR count). The highest BCUT2D eigenvalue weighted by Crippen LogP contribution is 2.04. The van der Waals surface area contributed by atoms with Crippen molar-refractivity contribution in [3.8, 4) is 0 Å². The lowest BCUT2D eigenvalue weighted by Crippen LogP contribution is -2.10. The molecule has 0 aromatic carbocycles. The van der Waals surface area contributed by atoms with Gasteiger partial charge in [0.15, 0.2) is 0 Å². The zero-order chi connectivity index (χ0) is 11.0. The molecule has 1 saturated heterocycles. The predicted octanol–water partition coefficient (Wildman–Crippen LogP) is 0.155. The van der Waals surface area contributed by atoms with Gasteiger partial charge in [-0.25, -0.2) is 9.59 Å². The number of hydrogen-bond donors (Lipinski definition) is 3. The number of amides is 1. The van der Waals surface area contributed by atoms with Gasteiger partial charge in [0.1, 0.15) is 0 Å². The third kappa shape index (κ3) is 8.60. The van der Waals surface area contributed by atoms with Crippen LogP contribution in [0.25, 0.3) is 0 Å². The van der Waals surface area contributed by atoms with Crippen LogP contribution in [-0.4, -0.2) is 39.7 Å². The van der Waals surface area contributed by atoms with Crippen LogP contribution in [0.3, 0.4) is 0 Å². The van der Waals surface area contributed by atoms with Crippen LogP contribution in [0.4, 0.5) is 4.79 Å². The minimum atomic E-state index is -1.26. The Bertz CT molecular complexity index is 239. The number of aliphatic carboxylic acids is 2. The Hall–Kier alpha value is -1.50. The van der Waals surface area contributed by atoms with Crippen molar-refractivity contribution in [1.82, 2.24) is 5.32 Å². The number of carboxylic acids is 2. The summed E-state index contributed by atoms with van der Waals surface area (Å²) in [4.78, 5) is 29.2. The molecule has 1 aliphatic rings. The SMILES string of the molecule is O=C(O)C=CC(=O)O.O=C1NCCS1. The van der Waals surface area contributed by atoms with Crippen molar-refractivity contribution in [3.63, 3.8) is 0 Å². The molecule has 0 aliphatic carbocycles. The fourth-order valence-corrected chi connectivity index (χ4v) is 1.08. The summed E-state index contributed by atoms with van der Waals surface area (Å²) < 4.78 is 0. The van der Waals surface area contributed by atoms with Gasteiger partial charge in [0.2, 0.25) is 0 Å². The van der Waals surface area contributed by atoms with E-state index in [-0.39, 0.29) is 5.24 Å². The maximum Gasteiger partial charge on any atom is 0.328 e. The molecule has 0 saturated carbocycles. The summed E-state index contributed by atoms with van der Waals surface area (Å²) in [6.45, 7) is 0.851. The van der Waals surface area contributed by atoms with Crippen LogP contribution in [0.2, 0.25) is 0 Å². The first kappa shape index (κ1) is 12.5. The summed E-state index contributed by atoms with van der Waals surface area (Å²) in [5.41, 5.74) is 0. The summed E-state index contributed by atoms with van der Waals surface area (Å²) in [5.74, 6) is -1.57. The smallest absolute Gasteiger partial charge is 0.328 e. The molecule has 0 bridgehead atoms. The van der Waals surface area contributed by atoms with Crippen LogP contribution in [0.15, 0.2) is 12.2 Å². The van der Waals surface area contributed by atoms with Gasteiger partial charge in [0.25, 0.3) is 5.24 Å². The molecule has 14 heavy (non-hydrogen) atoms. The average Bonchev–Trinajstić information content (AvgIpc) is 2.53. The van der Waals surface area contributed by atoms with E-state index in [1.165, 1.54) is 11.8 Å². The van der Waals surface area contributed by atoms with Gasteiger partial charge in [-0.3, -0.25) is 4.79 Å². The topological polar surface area (TPSA) is 104 Å². The molecule has 0 unspecified atom stereocenters. The minimum Gasteiger partial charge on any atom is -0.478 e. The third-order valence-electron chi connectivity index (χ3n) is 0.973. The number of rotatable bonds is 2. The number of thioether (sulfide) groups is 1. The minimum absolute atomic E-state index is 0.120. The fourth-order valence-electron chi connectivity index (χ4n) is 0.490. The van der Waals surface area contributed by atoms with E-state index < -0.39 is 11.9 Å². The Morgan fingerprint density at radius 1 is 1.29 bits per heavy atom. The van der Waals surface area contributed by atoms with Crippen LogP contribution >= 0.6 is 11.8 Å². The first-order valence-electron chi connectivity index (χ1n) is 3.57. The molecule has 78 valence electrons. The molecule has 1 fully saturated rings. The molecule has 0 radical (unpaired) electrons. The lowest BCUT2D eigenvalue weighted by Gasteiger charge is -1.78. The fraction of sp³-hybridized carbons (Fsp3) is 0.286. The Morgan fingerprint density at radius 2 is 1.79 bits per heavy atom. The molecule has 3 N–H and O–H groups in total. The summed E-state index contributed by atoms with van der Waals surface area (Å²) in [5, 5.41) is 18.4. The van der Waals surface area contributed by atoms with Crippen molar-refractivity contribution in [2.75, 3.05) is 12.3 Å². The second-order valence-electron chi connectivity index (χ2n) is 2.07. The van der Waals surface area contributed by atoms with E-state index in [0.717, 1.165) is 12.3 Å². The molecule has 1 heterocycles. The van der Waals surface area contributed by atoms with Gasteiger partial charge < -0.3 is 15.5 Å². The molecule has 0 aromatic heterocycles. The highest BCUT2D eigenvalue weighted by Gasteiger charge is 2.06. The molecule has 1 amide bonds. The van der Waals surface area contributed by atoms with Crippen molar-refractivity contribution >= 4 is 28.9 Å². The van der Waals surface area contributed by atoms with Gasteiger partial charge in [-0.15, -0.1) is 0 Å². The van der Waals surface area contributed by atoms with E-state index in [4.69, 9.17) is 10.2 Å². The third-order valence-corrected chi connectivity index (χ3v) is 1.79. The first-order chi connectivity index (χ1) is 6.52. The van der Waals surface area contributed by atoms with Crippen LogP contribution < -0.4 is 5.32 Å². The van der Waals surface area contributed by atoms with E-state index >= 15 is 0 Å². The monoisotopic (exact) mass is 219 g/mol. The Morgan fingerprint density at radius 3 is 1.93 bits per heavy atom. The van der Waals surface area contributed by atoms with Gasteiger partial charge in [0, 0.05) is 24.4 Å². The van der Waals surface area contributed by atoms with E-state index in [1.807, 2.05) is 0 Å². The van der Waals surface area contributed by atoms with Crippen molar-refractivity contribution in [1.29, 1.82) is 0 Å². The van der Waals surface area contributed by atoms with E-state index in [1.54, 1.807) is 0 Å².